The molecule has 3 aliphatic rings. The van der Waals surface area contributed by atoms with Crippen molar-refractivity contribution in [2.75, 3.05) is 26.2 Å². The van der Waals surface area contributed by atoms with Gasteiger partial charge in [0.25, 0.3) is 5.91 Å². The molecule has 8 nitrogen and oxygen atoms in total. The Labute approximate surface area is 199 Å². The molecule has 0 unspecified atom stereocenters. The third-order valence-electron chi connectivity index (χ3n) is 7.51. The Morgan fingerprint density at radius 1 is 0.971 bits per heavy atom. The second kappa shape index (κ2) is 8.49. The van der Waals surface area contributed by atoms with E-state index >= 15 is 0 Å². The topological polar surface area (TPSA) is 84.2 Å². The van der Waals surface area contributed by atoms with E-state index in [0.717, 1.165) is 55.3 Å². The van der Waals surface area contributed by atoms with Gasteiger partial charge in [-0.2, -0.15) is 9.78 Å². The average Bonchev–Trinajstić information content (AvgIpc) is 3.48. The van der Waals surface area contributed by atoms with Gasteiger partial charge in [0, 0.05) is 49.9 Å². The maximum absolute atomic E-state index is 13.8. The molecule has 1 saturated heterocycles. The summed E-state index contributed by atoms with van der Waals surface area (Å²) in [6.07, 6.45) is 8.27. The van der Waals surface area contributed by atoms with Crippen LogP contribution in [0.15, 0.2) is 30.5 Å². The summed E-state index contributed by atoms with van der Waals surface area (Å²) in [5, 5.41) is 5.51. The van der Waals surface area contributed by atoms with Gasteiger partial charge in [0.2, 0.25) is 5.91 Å². The SMILES string of the molecule is Cc1nn(-c2ccccn2)c2nc(C3CC3)cc(C(=O)N3CCN(C(=O)C4CCCC4)CC3)c12. The van der Waals surface area contributed by atoms with Gasteiger partial charge in [-0.1, -0.05) is 18.9 Å². The van der Waals surface area contributed by atoms with E-state index < -0.39 is 0 Å². The maximum atomic E-state index is 13.8. The minimum Gasteiger partial charge on any atom is -0.339 e. The molecule has 3 aromatic rings. The highest BCUT2D eigenvalue weighted by Gasteiger charge is 2.33. The Bertz CT molecular complexity index is 1240. The minimum absolute atomic E-state index is 0.00550. The van der Waals surface area contributed by atoms with E-state index in [1.165, 1.54) is 0 Å². The van der Waals surface area contributed by atoms with Crippen molar-refractivity contribution < 1.29 is 9.59 Å². The van der Waals surface area contributed by atoms with E-state index in [-0.39, 0.29) is 17.7 Å². The molecule has 2 amide bonds. The number of rotatable bonds is 4. The van der Waals surface area contributed by atoms with Crippen LogP contribution in [-0.2, 0) is 4.79 Å². The Morgan fingerprint density at radius 2 is 1.71 bits per heavy atom. The maximum Gasteiger partial charge on any atom is 0.254 e. The Balaban J connectivity index is 1.31. The highest BCUT2D eigenvalue weighted by atomic mass is 16.2. The number of aryl methyl sites for hydroxylation is 1. The monoisotopic (exact) mass is 458 g/mol. The van der Waals surface area contributed by atoms with Gasteiger partial charge in [-0.15, -0.1) is 0 Å². The number of carbonyl (C=O) groups is 2. The number of amides is 2. The van der Waals surface area contributed by atoms with Crippen molar-refractivity contribution >= 4 is 22.8 Å². The zero-order valence-corrected chi connectivity index (χ0v) is 19.6. The van der Waals surface area contributed by atoms with Gasteiger partial charge in [0.1, 0.15) is 0 Å². The first-order valence-electron chi connectivity index (χ1n) is 12.5. The third kappa shape index (κ3) is 3.75. The fourth-order valence-electron chi connectivity index (χ4n) is 5.44. The standard InChI is InChI=1S/C26H30N6O2/c1-17-23-20(26(34)31-14-12-30(13-15-31)25(33)19-6-2-3-7-19)16-21(18-9-10-18)28-24(23)32(29-17)22-8-4-5-11-27-22/h4-5,8,11,16,18-19H,2-3,6-7,9-10,12-15H2,1H3. The number of carbonyl (C=O) groups excluding carboxylic acids is 2. The number of fused-ring (bicyclic) bond motifs is 1. The second-order valence-corrected chi connectivity index (χ2v) is 9.85. The number of hydrogen-bond acceptors (Lipinski definition) is 5. The predicted octanol–water partition coefficient (Wildman–Crippen LogP) is 3.48. The Hall–Kier alpha value is -3.29. The van der Waals surface area contributed by atoms with Gasteiger partial charge in [0.05, 0.1) is 16.6 Å². The van der Waals surface area contributed by atoms with Crippen LogP contribution < -0.4 is 0 Å². The molecule has 0 spiro atoms. The smallest absolute Gasteiger partial charge is 0.254 e. The van der Waals surface area contributed by atoms with Gasteiger partial charge < -0.3 is 9.80 Å². The fourth-order valence-corrected chi connectivity index (χ4v) is 5.44. The minimum atomic E-state index is 0.00550. The van der Waals surface area contributed by atoms with Crippen LogP contribution in [0, 0.1) is 12.8 Å². The van der Waals surface area contributed by atoms with Crippen LogP contribution in [0.3, 0.4) is 0 Å². The fraction of sp³-hybridized carbons (Fsp3) is 0.500. The van der Waals surface area contributed by atoms with Crippen LogP contribution in [0.1, 0.15) is 66.2 Å². The van der Waals surface area contributed by atoms with Gasteiger partial charge in [-0.05, 0) is 50.8 Å². The van der Waals surface area contributed by atoms with Crippen LogP contribution in [0.25, 0.3) is 16.9 Å². The zero-order chi connectivity index (χ0) is 23.2. The largest absolute Gasteiger partial charge is 0.339 e. The zero-order valence-electron chi connectivity index (χ0n) is 19.6. The van der Waals surface area contributed by atoms with Crippen molar-refractivity contribution in [1.82, 2.24) is 29.5 Å². The molecule has 3 aromatic heterocycles. The first-order valence-corrected chi connectivity index (χ1v) is 12.5. The molecule has 3 fully saturated rings. The molecule has 6 rings (SSSR count). The summed E-state index contributed by atoms with van der Waals surface area (Å²) >= 11 is 0. The van der Waals surface area contributed by atoms with Crippen molar-refractivity contribution in [2.24, 2.45) is 5.92 Å². The van der Waals surface area contributed by atoms with E-state index in [4.69, 9.17) is 10.1 Å². The lowest BCUT2D eigenvalue weighted by Crippen LogP contribution is -2.51. The molecule has 2 aliphatic carbocycles. The lowest BCUT2D eigenvalue weighted by molar-refractivity contribution is -0.136. The number of nitrogens with zero attached hydrogens (tertiary/aromatic N) is 6. The van der Waals surface area contributed by atoms with Crippen molar-refractivity contribution in [1.29, 1.82) is 0 Å². The van der Waals surface area contributed by atoms with Gasteiger partial charge in [-0.3, -0.25) is 9.59 Å². The summed E-state index contributed by atoms with van der Waals surface area (Å²) in [6.45, 7) is 4.27. The van der Waals surface area contributed by atoms with Crippen LogP contribution in [0.2, 0.25) is 0 Å². The van der Waals surface area contributed by atoms with E-state index in [1.807, 2.05) is 41.0 Å². The summed E-state index contributed by atoms with van der Waals surface area (Å²) in [5.74, 6) is 1.57. The van der Waals surface area contributed by atoms with Crippen molar-refractivity contribution in [3.05, 3.63) is 47.4 Å². The summed E-state index contributed by atoms with van der Waals surface area (Å²) in [7, 11) is 0. The Kier molecular flexibility index (Phi) is 5.31. The van der Waals surface area contributed by atoms with Crippen molar-refractivity contribution in [3.63, 3.8) is 0 Å². The van der Waals surface area contributed by atoms with Crippen LogP contribution in [0.5, 0.6) is 0 Å². The van der Waals surface area contributed by atoms with Crippen LogP contribution in [-0.4, -0.2) is 67.5 Å². The molecule has 0 aromatic carbocycles. The molecular formula is C26H30N6O2. The third-order valence-corrected chi connectivity index (χ3v) is 7.51. The molecule has 34 heavy (non-hydrogen) atoms. The van der Waals surface area contributed by atoms with Gasteiger partial charge >= 0.3 is 0 Å². The average molecular weight is 459 g/mol. The summed E-state index contributed by atoms with van der Waals surface area (Å²) in [4.78, 5) is 39.9. The lowest BCUT2D eigenvalue weighted by atomic mass is 10.0. The van der Waals surface area contributed by atoms with E-state index in [9.17, 15) is 9.59 Å². The molecule has 0 radical (unpaired) electrons. The Morgan fingerprint density at radius 3 is 2.38 bits per heavy atom. The highest BCUT2D eigenvalue weighted by Crippen LogP contribution is 2.41. The van der Waals surface area contributed by atoms with E-state index in [1.54, 1.807) is 10.9 Å². The summed E-state index contributed by atoms with van der Waals surface area (Å²) in [5.41, 5.74) is 3.10. The van der Waals surface area contributed by atoms with Crippen molar-refractivity contribution in [2.45, 2.75) is 51.4 Å². The number of pyridine rings is 2. The first-order chi connectivity index (χ1) is 16.6. The first kappa shape index (κ1) is 21.3. The molecule has 0 N–H and O–H groups in total. The molecule has 2 saturated carbocycles. The summed E-state index contributed by atoms with van der Waals surface area (Å²) < 4.78 is 1.76. The number of hydrogen-bond donors (Lipinski definition) is 0. The molecule has 1 aliphatic heterocycles. The normalized spacial score (nSPS) is 19.2. The molecular weight excluding hydrogens is 428 g/mol. The summed E-state index contributed by atoms with van der Waals surface area (Å²) in [6, 6.07) is 7.68. The molecule has 0 bridgehead atoms. The van der Waals surface area contributed by atoms with Crippen molar-refractivity contribution in [3.8, 4) is 5.82 Å². The van der Waals surface area contributed by atoms with Gasteiger partial charge in [-0.25, -0.2) is 9.97 Å². The van der Waals surface area contributed by atoms with E-state index in [0.29, 0.717) is 49.1 Å². The second-order valence-electron chi connectivity index (χ2n) is 9.85. The van der Waals surface area contributed by atoms with Crippen LogP contribution >= 0.6 is 0 Å². The number of piperazine rings is 1. The van der Waals surface area contributed by atoms with E-state index in [2.05, 4.69) is 4.98 Å². The predicted molar refractivity (Wildman–Crippen MR) is 128 cm³/mol. The number of aromatic nitrogens is 4. The quantitative estimate of drug-likeness (QED) is 0.598. The van der Waals surface area contributed by atoms with Crippen LogP contribution in [0.4, 0.5) is 0 Å². The van der Waals surface area contributed by atoms with Gasteiger partial charge in [0.15, 0.2) is 11.5 Å². The highest BCUT2D eigenvalue weighted by molar-refractivity contribution is 6.07. The molecule has 4 heterocycles. The lowest BCUT2D eigenvalue weighted by Gasteiger charge is -2.36. The molecule has 8 heteroatoms. The molecule has 176 valence electrons. The molecule has 0 atom stereocenters.